The Hall–Kier alpha value is -0.440. The van der Waals surface area contributed by atoms with E-state index in [1.165, 1.54) is 12.8 Å². The summed E-state index contributed by atoms with van der Waals surface area (Å²) in [7, 11) is -4.20. The van der Waals surface area contributed by atoms with Gasteiger partial charge in [-0.3, -0.25) is 8.77 Å². The van der Waals surface area contributed by atoms with E-state index in [-0.39, 0.29) is 6.16 Å². The molecule has 0 radical (unpaired) electrons. The van der Waals surface area contributed by atoms with Crippen molar-refractivity contribution in [2.75, 3.05) is 11.9 Å². The van der Waals surface area contributed by atoms with Crippen LogP contribution < -0.4 is 5.30 Å². The molecule has 0 saturated heterocycles. The highest BCUT2D eigenvalue weighted by Crippen LogP contribution is 2.38. The van der Waals surface area contributed by atoms with E-state index in [1.54, 1.807) is 31.2 Å². The Labute approximate surface area is 118 Å². The molecular weight excluding hydrogens is 279 g/mol. The standard InChI is InChI=1S/C14H23O3PS/c1-3-5-6-7-12-19(17)14-10-8-13(9-11-14)18(15,16)4-2/h8-11H,3-7,12H2,1-2H3,(H,15,16). The van der Waals surface area contributed by atoms with Crippen molar-refractivity contribution >= 4 is 23.5 Å². The molecule has 19 heavy (non-hydrogen) atoms. The highest BCUT2D eigenvalue weighted by atomic mass is 32.2. The zero-order chi connectivity index (χ0) is 14.3. The van der Waals surface area contributed by atoms with Gasteiger partial charge in [0.1, 0.15) is 0 Å². The van der Waals surface area contributed by atoms with Crippen LogP contribution in [0.1, 0.15) is 39.5 Å². The Morgan fingerprint density at radius 1 is 1.11 bits per heavy atom. The number of rotatable bonds is 8. The molecule has 0 heterocycles. The lowest BCUT2D eigenvalue weighted by molar-refractivity contribution is 0.491. The van der Waals surface area contributed by atoms with Crippen LogP contribution in [-0.4, -0.2) is 21.0 Å². The maximum absolute atomic E-state index is 12.0. The van der Waals surface area contributed by atoms with Crippen molar-refractivity contribution in [3.63, 3.8) is 0 Å². The second-order valence-electron chi connectivity index (χ2n) is 4.62. The molecular formula is C14H23O3PS. The molecule has 0 bridgehead atoms. The lowest BCUT2D eigenvalue weighted by atomic mass is 10.2. The SMILES string of the molecule is CCCCCCS(=O)c1ccc(P(=O)(O)CC)cc1. The third-order valence-corrected chi connectivity index (χ3v) is 6.53. The minimum atomic E-state index is -3.21. The molecule has 1 aromatic rings. The third kappa shape index (κ3) is 5.21. The molecule has 2 atom stereocenters. The van der Waals surface area contributed by atoms with E-state index in [0.717, 1.165) is 17.7 Å². The van der Waals surface area contributed by atoms with E-state index in [2.05, 4.69) is 6.92 Å². The summed E-state index contributed by atoms with van der Waals surface area (Å²) >= 11 is 0. The second-order valence-corrected chi connectivity index (χ2v) is 8.74. The number of hydrogen-bond donors (Lipinski definition) is 1. The van der Waals surface area contributed by atoms with Crippen molar-refractivity contribution in [1.29, 1.82) is 0 Å². The Kier molecular flexibility index (Phi) is 6.98. The van der Waals surface area contributed by atoms with E-state index in [9.17, 15) is 13.7 Å². The monoisotopic (exact) mass is 302 g/mol. The highest BCUT2D eigenvalue weighted by molar-refractivity contribution is 7.85. The number of benzene rings is 1. The average molecular weight is 302 g/mol. The van der Waals surface area contributed by atoms with Gasteiger partial charge < -0.3 is 4.89 Å². The van der Waals surface area contributed by atoms with Gasteiger partial charge in [0.2, 0.25) is 7.37 Å². The lowest BCUT2D eigenvalue weighted by Crippen LogP contribution is -2.07. The van der Waals surface area contributed by atoms with Gasteiger partial charge in [-0.15, -0.1) is 0 Å². The van der Waals surface area contributed by atoms with Gasteiger partial charge in [0.25, 0.3) is 0 Å². The minimum Gasteiger partial charge on any atom is -0.341 e. The summed E-state index contributed by atoms with van der Waals surface area (Å²) in [6, 6.07) is 6.68. The van der Waals surface area contributed by atoms with Crippen LogP contribution in [-0.2, 0) is 15.4 Å². The molecule has 0 fully saturated rings. The van der Waals surface area contributed by atoms with E-state index >= 15 is 0 Å². The fourth-order valence-electron chi connectivity index (χ4n) is 1.79. The molecule has 1 rings (SSSR count). The van der Waals surface area contributed by atoms with Gasteiger partial charge in [-0.25, -0.2) is 0 Å². The van der Waals surface area contributed by atoms with Crippen LogP contribution in [0.3, 0.4) is 0 Å². The summed E-state index contributed by atoms with van der Waals surface area (Å²) in [4.78, 5) is 10.5. The minimum absolute atomic E-state index is 0.229. The van der Waals surface area contributed by atoms with Crippen LogP contribution in [0.2, 0.25) is 0 Å². The fourth-order valence-corrected chi connectivity index (χ4v) is 3.91. The molecule has 0 aliphatic rings. The van der Waals surface area contributed by atoms with E-state index in [4.69, 9.17) is 0 Å². The molecule has 0 aliphatic heterocycles. The first-order chi connectivity index (χ1) is 9.01. The first-order valence-corrected chi connectivity index (χ1v) is 9.98. The normalized spacial score (nSPS) is 15.9. The van der Waals surface area contributed by atoms with Crippen molar-refractivity contribution in [1.82, 2.24) is 0 Å². The molecule has 0 aromatic heterocycles. The summed E-state index contributed by atoms with van der Waals surface area (Å²) < 4.78 is 23.8. The Bertz CT molecular complexity index is 456. The van der Waals surface area contributed by atoms with Crippen molar-refractivity contribution in [3.05, 3.63) is 24.3 Å². The van der Waals surface area contributed by atoms with Crippen molar-refractivity contribution in [2.24, 2.45) is 0 Å². The first kappa shape index (κ1) is 16.6. The van der Waals surface area contributed by atoms with Crippen molar-refractivity contribution in [3.8, 4) is 0 Å². The summed E-state index contributed by atoms with van der Waals surface area (Å²) in [5, 5.41) is 0.446. The quantitative estimate of drug-likeness (QED) is 0.592. The smallest absolute Gasteiger partial charge is 0.229 e. The Morgan fingerprint density at radius 3 is 2.26 bits per heavy atom. The van der Waals surface area contributed by atoms with E-state index < -0.39 is 18.2 Å². The largest absolute Gasteiger partial charge is 0.341 e. The van der Waals surface area contributed by atoms with Gasteiger partial charge in [-0.2, -0.15) is 0 Å². The average Bonchev–Trinajstić information content (AvgIpc) is 2.43. The van der Waals surface area contributed by atoms with Crippen LogP contribution in [0.4, 0.5) is 0 Å². The molecule has 5 heteroatoms. The van der Waals surface area contributed by atoms with Crippen LogP contribution in [0.15, 0.2) is 29.2 Å². The number of unbranched alkanes of at least 4 members (excludes halogenated alkanes) is 3. The van der Waals surface area contributed by atoms with Crippen LogP contribution in [0.5, 0.6) is 0 Å². The van der Waals surface area contributed by atoms with E-state index in [0.29, 0.717) is 11.1 Å². The highest BCUT2D eigenvalue weighted by Gasteiger charge is 2.18. The first-order valence-electron chi connectivity index (χ1n) is 6.82. The molecule has 3 nitrogen and oxygen atoms in total. The van der Waals surface area contributed by atoms with Gasteiger partial charge >= 0.3 is 0 Å². The Balaban J connectivity index is 2.61. The lowest BCUT2D eigenvalue weighted by Gasteiger charge is -2.09. The van der Waals surface area contributed by atoms with E-state index in [1.807, 2.05) is 0 Å². The van der Waals surface area contributed by atoms with Crippen LogP contribution in [0.25, 0.3) is 0 Å². The summed E-state index contributed by atoms with van der Waals surface area (Å²) in [5.74, 6) is 0.671. The summed E-state index contributed by atoms with van der Waals surface area (Å²) in [5.41, 5.74) is 0. The molecule has 1 N–H and O–H groups in total. The predicted octanol–water partition coefficient (Wildman–Crippen LogP) is 3.29. The number of hydrogen-bond acceptors (Lipinski definition) is 2. The third-order valence-electron chi connectivity index (χ3n) is 3.11. The van der Waals surface area contributed by atoms with Gasteiger partial charge in [0.15, 0.2) is 0 Å². The molecule has 108 valence electrons. The van der Waals surface area contributed by atoms with Crippen molar-refractivity contribution in [2.45, 2.75) is 44.4 Å². The predicted molar refractivity (Wildman–Crippen MR) is 81.9 cm³/mol. The maximum atomic E-state index is 12.0. The molecule has 2 unspecified atom stereocenters. The van der Waals surface area contributed by atoms with Gasteiger partial charge in [0.05, 0.1) is 10.8 Å². The van der Waals surface area contributed by atoms with Gasteiger partial charge in [0, 0.05) is 22.1 Å². The molecule has 0 amide bonds. The van der Waals surface area contributed by atoms with Gasteiger partial charge in [-0.1, -0.05) is 33.1 Å². The summed E-state index contributed by atoms with van der Waals surface area (Å²) in [6.07, 6.45) is 4.66. The van der Waals surface area contributed by atoms with Crippen LogP contribution >= 0.6 is 7.37 Å². The zero-order valence-corrected chi connectivity index (χ0v) is 13.4. The zero-order valence-electron chi connectivity index (χ0n) is 11.7. The topological polar surface area (TPSA) is 54.4 Å². The van der Waals surface area contributed by atoms with Crippen molar-refractivity contribution < 1.29 is 13.7 Å². The second kappa shape index (κ2) is 7.98. The molecule has 0 aliphatic carbocycles. The van der Waals surface area contributed by atoms with Gasteiger partial charge in [-0.05, 0) is 30.7 Å². The summed E-state index contributed by atoms with van der Waals surface area (Å²) in [6.45, 7) is 3.84. The molecule has 0 saturated carbocycles. The fraction of sp³-hybridized carbons (Fsp3) is 0.571. The molecule has 1 aromatic carbocycles. The maximum Gasteiger partial charge on any atom is 0.229 e. The molecule has 0 spiro atoms. The van der Waals surface area contributed by atoms with Crippen LogP contribution in [0, 0.1) is 0 Å². The Morgan fingerprint density at radius 2 is 1.74 bits per heavy atom.